The largest absolute Gasteiger partial charge is 0.328 e. The van der Waals surface area contributed by atoms with Gasteiger partial charge in [-0.2, -0.15) is 0 Å². The summed E-state index contributed by atoms with van der Waals surface area (Å²) >= 11 is 5.21. The molecule has 0 radical (unpaired) electrons. The molecule has 0 spiro atoms. The van der Waals surface area contributed by atoms with Gasteiger partial charge in [0.15, 0.2) is 10.6 Å². The first kappa shape index (κ1) is 13.0. The zero-order chi connectivity index (χ0) is 14.3. The minimum absolute atomic E-state index is 0.240. The summed E-state index contributed by atoms with van der Waals surface area (Å²) in [4.78, 5) is 2.79. The molecule has 3 aromatic rings. The second-order valence-corrected chi connectivity index (χ2v) is 5.17. The van der Waals surface area contributed by atoms with Crippen LogP contribution in [0.3, 0.4) is 0 Å². The molecule has 1 aromatic heterocycles. The monoisotopic (exact) mass is 290 g/mol. The Morgan fingerprint density at radius 2 is 2.00 bits per heavy atom. The van der Waals surface area contributed by atoms with E-state index >= 15 is 0 Å². The fourth-order valence-corrected chi connectivity index (χ4v) is 2.60. The van der Waals surface area contributed by atoms with Gasteiger partial charge in [0.1, 0.15) is 11.3 Å². The molecule has 0 aliphatic heterocycles. The highest BCUT2D eigenvalue weighted by molar-refractivity contribution is 7.71. The third kappa shape index (κ3) is 2.25. The molecule has 3 rings (SSSR count). The van der Waals surface area contributed by atoms with Crippen LogP contribution >= 0.6 is 12.2 Å². The molecule has 0 unspecified atom stereocenters. The van der Waals surface area contributed by atoms with Crippen LogP contribution in [-0.4, -0.2) is 9.55 Å². The maximum Gasteiger partial charge on any atom is 0.178 e. The number of aryl methyl sites for hydroxylation is 1. The lowest BCUT2D eigenvalue weighted by atomic mass is 10.1. The number of fused-ring (bicyclic) bond motifs is 1. The van der Waals surface area contributed by atoms with Crippen LogP contribution in [0.25, 0.3) is 11.0 Å². The summed E-state index contributed by atoms with van der Waals surface area (Å²) in [5, 5.41) is 0. The number of aromatic nitrogens is 2. The van der Waals surface area contributed by atoms with Crippen LogP contribution in [0.1, 0.15) is 11.1 Å². The van der Waals surface area contributed by atoms with E-state index < -0.39 is 11.6 Å². The predicted molar refractivity (Wildman–Crippen MR) is 77.3 cm³/mol. The highest BCUT2D eigenvalue weighted by atomic mass is 32.1. The highest BCUT2D eigenvalue weighted by Gasteiger charge is 2.11. The molecule has 0 aliphatic rings. The summed E-state index contributed by atoms with van der Waals surface area (Å²) in [6, 6.07) is 10.1. The summed E-state index contributed by atoms with van der Waals surface area (Å²) in [5.74, 6) is -1.24. The average Bonchev–Trinajstić information content (AvgIpc) is 2.68. The van der Waals surface area contributed by atoms with E-state index in [9.17, 15) is 8.78 Å². The molecule has 0 bridgehead atoms. The third-order valence-corrected chi connectivity index (χ3v) is 3.55. The van der Waals surface area contributed by atoms with Gasteiger partial charge in [0.05, 0.1) is 12.1 Å². The first-order valence-electron chi connectivity index (χ1n) is 6.18. The number of nitrogens with one attached hydrogen (secondary N) is 1. The molecule has 0 amide bonds. The van der Waals surface area contributed by atoms with Gasteiger partial charge in [-0.3, -0.25) is 0 Å². The van der Waals surface area contributed by atoms with Gasteiger partial charge in [-0.1, -0.05) is 29.8 Å². The fraction of sp³-hybridized carbons (Fsp3) is 0.133. The fourth-order valence-electron chi connectivity index (χ4n) is 2.33. The van der Waals surface area contributed by atoms with Crippen molar-refractivity contribution in [2.45, 2.75) is 13.5 Å². The third-order valence-electron chi connectivity index (χ3n) is 3.23. The van der Waals surface area contributed by atoms with E-state index in [1.807, 2.05) is 31.2 Å². The number of halogens is 2. The molecular weight excluding hydrogens is 278 g/mol. The Kier molecular flexibility index (Phi) is 3.14. The molecule has 2 nitrogen and oxygen atoms in total. The lowest BCUT2D eigenvalue weighted by molar-refractivity contribution is 0.590. The highest BCUT2D eigenvalue weighted by Crippen LogP contribution is 2.20. The number of H-pyrrole nitrogens is 1. The Bertz CT molecular complexity index is 849. The molecule has 0 aliphatic carbocycles. The van der Waals surface area contributed by atoms with Crippen molar-refractivity contribution in [1.82, 2.24) is 9.55 Å². The maximum atomic E-state index is 13.7. The van der Waals surface area contributed by atoms with E-state index in [1.165, 1.54) is 6.07 Å². The van der Waals surface area contributed by atoms with E-state index in [1.54, 1.807) is 4.57 Å². The second-order valence-electron chi connectivity index (χ2n) is 4.79. The van der Waals surface area contributed by atoms with E-state index in [0.717, 1.165) is 17.2 Å². The van der Waals surface area contributed by atoms with Gasteiger partial charge in [-0.05, 0) is 30.8 Å². The molecule has 1 heterocycles. The van der Waals surface area contributed by atoms with Crippen molar-refractivity contribution in [3.63, 3.8) is 0 Å². The smallest absolute Gasteiger partial charge is 0.178 e. The summed E-state index contributed by atoms with van der Waals surface area (Å²) in [7, 11) is 0. The number of nitrogens with zero attached hydrogens (tertiary/aromatic N) is 1. The Balaban J connectivity index is 2.16. The molecule has 102 valence electrons. The summed E-state index contributed by atoms with van der Waals surface area (Å²) in [5.41, 5.74) is 2.84. The van der Waals surface area contributed by atoms with E-state index in [2.05, 4.69) is 4.98 Å². The van der Waals surface area contributed by atoms with Crippen molar-refractivity contribution in [2.75, 3.05) is 0 Å². The van der Waals surface area contributed by atoms with Crippen molar-refractivity contribution < 1.29 is 8.78 Å². The van der Waals surface area contributed by atoms with E-state index in [4.69, 9.17) is 12.2 Å². The number of aromatic amines is 1. The van der Waals surface area contributed by atoms with Crippen LogP contribution in [0.5, 0.6) is 0 Å². The molecule has 0 saturated heterocycles. The summed E-state index contributed by atoms with van der Waals surface area (Å²) in [6.45, 7) is 2.47. The summed E-state index contributed by atoms with van der Waals surface area (Å²) < 4.78 is 29.2. The van der Waals surface area contributed by atoms with Gasteiger partial charge in [0.2, 0.25) is 0 Å². The Morgan fingerprint density at radius 1 is 1.20 bits per heavy atom. The van der Waals surface area contributed by atoms with Crippen LogP contribution in [0, 0.1) is 23.3 Å². The number of rotatable bonds is 2. The first-order valence-corrected chi connectivity index (χ1v) is 6.58. The average molecular weight is 290 g/mol. The standard InChI is InChI=1S/C15H12F2N2S/c1-9-3-2-4-10(5-9)8-19-13-7-11(16)6-12(17)14(13)18-15(19)20/h2-7H,8H2,1H3,(H,18,20). The van der Waals surface area contributed by atoms with Gasteiger partial charge in [0.25, 0.3) is 0 Å². The minimum Gasteiger partial charge on any atom is -0.328 e. The minimum atomic E-state index is -0.630. The quantitative estimate of drug-likeness (QED) is 0.697. The van der Waals surface area contributed by atoms with Crippen LogP contribution in [-0.2, 0) is 6.54 Å². The Hall–Kier alpha value is -2.01. The molecule has 2 aromatic carbocycles. The van der Waals surface area contributed by atoms with Gasteiger partial charge in [-0.25, -0.2) is 8.78 Å². The lowest BCUT2D eigenvalue weighted by Gasteiger charge is -2.06. The van der Waals surface area contributed by atoms with Crippen molar-refractivity contribution in [1.29, 1.82) is 0 Å². The number of hydrogen-bond donors (Lipinski definition) is 1. The molecule has 20 heavy (non-hydrogen) atoms. The topological polar surface area (TPSA) is 20.7 Å². The first-order chi connectivity index (χ1) is 9.54. The van der Waals surface area contributed by atoms with Crippen molar-refractivity contribution >= 4 is 23.3 Å². The SMILES string of the molecule is Cc1cccc(Cn2c(=S)[nH]c3c(F)cc(F)cc32)c1. The van der Waals surface area contributed by atoms with Gasteiger partial charge >= 0.3 is 0 Å². The number of benzene rings is 2. The van der Waals surface area contributed by atoms with Gasteiger partial charge < -0.3 is 9.55 Å². The van der Waals surface area contributed by atoms with Crippen LogP contribution in [0.4, 0.5) is 8.78 Å². The second kappa shape index (κ2) is 4.83. The molecule has 0 saturated carbocycles. The molecular formula is C15H12F2N2S. The van der Waals surface area contributed by atoms with E-state index in [0.29, 0.717) is 16.8 Å². The van der Waals surface area contributed by atoms with E-state index in [-0.39, 0.29) is 5.52 Å². The van der Waals surface area contributed by atoms with Crippen LogP contribution in [0.2, 0.25) is 0 Å². The predicted octanol–water partition coefficient (Wildman–Crippen LogP) is 4.33. The normalized spacial score (nSPS) is 11.2. The lowest BCUT2D eigenvalue weighted by Crippen LogP contribution is -2.00. The molecule has 0 fully saturated rings. The molecule has 1 N–H and O–H groups in total. The zero-order valence-corrected chi connectivity index (χ0v) is 11.6. The molecule has 5 heteroatoms. The van der Waals surface area contributed by atoms with Crippen molar-refractivity contribution in [3.8, 4) is 0 Å². The zero-order valence-electron chi connectivity index (χ0n) is 10.8. The maximum absolute atomic E-state index is 13.7. The van der Waals surface area contributed by atoms with Gasteiger partial charge in [-0.15, -0.1) is 0 Å². The number of hydrogen-bond acceptors (Lipinski definition) is 1. The van der Waals surface area contributed by atoms with Crippen LogP contribution in [0.15, 0.2) is 36.4 Å². The Morgan fingerprint density at radius 3 is 2.75 bits per heavy atom. The summed E-state index contributed by atoms with van der Waals surface area (Å²) in [6.07, 6.45) is 0. The Labute approximate surface area is 119 Å². The van der Waals surface area contributed by atoms with Gasteiger partial charge in [0, 0.05) is 6.07 Å². The number of imidazole rings is 1. The van der Waals surface area contributed by atoms with Crippen molar-refractivity contribution in [2.24, 2.45) is 0 Å². The van der Waals surface area contributed by atoms with Crippen LogP contribution < -0.4 is 0 Å². The molecule has 0 atom stereocenters. The van der Waals surface area contributed by atoms with Crippen molar-refractivity contribution in [3.05, 3.63) is 63.9 Å².